The van der Waals surface area contributed by atoms with Crippen molar-refractivity contribution >= 4 is 16.9 Å². The van der Waals surface area contributed by atoms with Crippen LogP contribution in [0.5, 0.6) is 0 Å². The summed E-state index contributed by atoms with van der Waals surface area (Å²) in [7, 11) is 1.37. The Balaban J connectivity index is 2.52. The number of esters is 1. The van der Waals surface area contributed by atoms with Gasteiger partial charge < -0.3 is 15.0 Å². The van der Waals surface area contributed by atoms with Crippen LogP contribution in [0.1, 0.15) is 37.3 Å². The van der Waals surface area contributed by atoms with Gasteiger partial charge in [0.15, 0.2) is 0 Å². The van der Waals surface area contributed by atoms with Crippen LogP contribution in [0, 0.1) is 6.92 Å². The molecule has 1 heterocycles. The van der Waals surface area contributed by atoms with Crippen LogP contribution in [0.3, 0.4) is 0 Å². The second-order valence-corrected chi connectivity index (χ2v) is 5.64. The van der Waals surface area contributed by atoms with Crippen molar-refractivity contribution in [1.29, 1.82) is 0 Å². The molecule has 1 aromatic heterocycles. The summed E-state index contributed by atoms with van der Waals surface area (Å²) in [5.41, 5.74) is 9.54. The molecule has 2 aromatic rings. The number of ether oxygens (including phenoxy) is 1. The molecule has 4 nitrogen and oxygen atoms in total. The van der Waals surface area contributed by atoms with Gasteiger partial charge in [-0.25, -0.2) is 0 Å². The van der Waals surface area contributed by atoms with Crippen molar-refractivity contribution in [3.63, 3.8) is 0 Å². The lowest BCUT2D eigenvalue weighted by molar-refractivity contribution is -0.142. The Morgan fingerprint density at radius 2 is 2.14 bits per heavy atom. The van der Waals surface area contributed by atoms with Gasteiger partial charge >= 0.3 is 5.97 Å². The normalized spacial score (nSPS) is 14.1. The van der Waals surface area contributed by atoms with Gasteiger partial charge in [-0.05, 0) is 31.0 Å². The van der Waals surface area contributed by atoms with Crippen LogP contribution in [-0.2, 0) is 16.1 Å². The van der Waals surface area contributed by atoms with Crippen molar-refractivity contribution < 1.29 is 9.53 Å². The lowest BCUT2D eigenvalue weighted by atomic mass is 9.93. The number of nitrogens with two attached hydrogens (primary N) is 1. The van der Waals surface area contributed by atoms with E-state index in [1.54, 1.807) is 0 Å². The molecule has 2 atom stereocenters. The fourth-order valence-electron chi connectivity index (χ4n) is 2.76. The largest absolute Gasteiger partial charge is 0.468 e. The van der Waals surface area contributed by atoms with E-state index in [0.717, 1.165) is 18.5 Å². The molecular weight excluding hydrogens is 264 g/mol. The van der Waals surface area contributed by atoms with Crippen LogP contribution >= 0.6 is 0 Å². The molecule has 4 heteroatoms. The van der Waals surface area contributed by atoms with E-state index in [-0.39, 0.29) is 11.9 Å². The Morgan fingerprint density at radius 1 is 1.43 bits per heavy atom. The first-order valence-corrected chi connectivity index (χ1v) is 7.42. The van der Waals surface area contributed by atoms with E-state index in [4.69, 9.17) is 10.5 Å². The Bertz CT molecular complexity index is 646. The van der Waals surface area contributed by atoms with E-state index < -0.39 is 6.04 Å². The summed E-state index contributed by atoms with van der Waals surface area (Å²) in [4.78, 5) is 11.7. The van der Waals surface area contributed by atoms with E-state index in [2.05, 4.69) is 42.8 Å². The van der Waals surface area contributed by atoms with Crippen molar-refractivity contribution in [2.75, 3.05) is 7.11 Å². The molecule has 0 unspecified atom stereocenters. The number of carbonyl (C=O) groups is 1. The van der Waals surface area contributed by atoms with E-state index in [9.17, 15) is 4.79 Å². The number of aryl methyl sites for hydroxylation is 2. The first kappa shape index (κ1) is 15.6. The Morgan fingerprint density at radius 3 is 2.76 bits per heavy atom. The molecule has 0 aliphatic carbocycles. The second-order valence-electron chi connectivity index (χ2n) is 5.64. The second kappa shape index (κ2) is 6.31. The highest BCUT2D eigenvalue weighted by atomic mass is 16.5. The van der Waals surface area contributed by atoms with Gasteiger partial charge in [-0.2, -0.15) is 0 Å². The molecule has 0 aliphatic heterocycles. The highest BCUT2D eigenvalue weighted by Crippen LogP contribution is 2.30. The molecule has 2 N–H and O–H groups in total. The Kier molecular flexibility index (Phi) is 4.68. The fourth-order valence-corrected chi connectivity index (χ4v) is 2.76. The maximum Gasteiger partial charge on any atom is 0.323 e. The van der Waals surface area contributed by atoms with Crippen LogP contribution in [0.25, 0.3) is 10.9 Å². The van der Waals surface area contributed by atoms with E-state index in [1.165, 1.54) is 23.6 Å². The van der Waals surface area contributed by atoms with Crippen molar-refractivity contribution in [2.45, 2.75) is 45.7 Å². The number of aromatic nitrogens is 1. The zero-order chi connectivity index (χ0) is 15.6. The third kappa shape index (κ3) is 2.95. The number of fused-ring (bicyclic) bond motifs is 1. The molecule has 21 heavy (non-hydrogen) atoms. The molecule has 0 bridgehead atoms. The average molecular weight is 288 g/mol. The molecule has 1 aromatic carbocycles. The molecule has 0 fully saturated rings. The molecule has 0 amide bonds. The monoisotopic (exact) mass is 288 g/mol. The van der Waals surface area contributed by atoms with Crippen LogP contribution < -0.4 is 5.73 Å². The number of methoxy groups -OCH3 is 1. The molecule has 114 valence electrons. The molecule has 0 radical (unpaired) electrons. The van der Waals surface area contributed by atoms with E-state index >= 15 is 0 Å². The van der Waals surface area contributed by atoms with E-state index in [0.29, 0.717) is 0 Å². The highest BCUT2D eigenvalue weighted by Gasteiger charge is 2.25. The lowest BCUT2D eigenvalue weighted by Gasteiger charge is -2.17. The van der Waals surface area contributed by atoms with E-state index in [1.807, 2.05) is 6.92 Å². The van der Waals surface area contributed by atoms with Crippen molar-refractivity contribution in [1.82, 2.24) is 4.57 Å². The zero-order valence-corrected chi connectivity index (χ0v) is 13.2. The van der Waals surface area contributed by atoms with Crippen molar-refractivity contribution in [3.05, 3.63) is 35.5 Å². The lowest BCUT2D eigenvalue weighted by Crippen LogP contribution is -2.36. The number of hydrogen-bond acceptors (Lipinski definition) is 3. The predicted octanol–water partition coefficient (Wildman–Crippen LogP) is 2.96. The summed E-state index contributed by atoms with van der Waals surface area (Å²) in [5, 5.41) is 1.18. The maximum absolute atomic E-state index is 11.7. The van der Waals surface area contributed by atoms with Gasteiger partial charge in [-0.15, -0.1) is 0 Å². The summed E-state index contributed by atoms with van der Waals surface area (Å²) < 4.78 is 7.01. The average Bonchev–Trinajstić information content (AvgIpc) is 2.83. The molecular formula is C17H24N2O2. The van der Waals surface area contributed by atoms with Gasteiger partial charge in [0, 0.05) is 29.6 Å². The zero-order valence-electron chi connectivity index (χ0n) is 13.2. The standard InChI is InChI=1S/C17H24N2O2/c1-5-8-19-10-14(12(3)16(18)17(20)21-4)13-9-11(2)6-7-15(13)19/h6-7,9-10,12,16H,5,8,18H2,1-4H3/t12-,16-/m1/s1. The SMILES string of the molecule is CCCn1cc([C@@H](C)[C@@H](N)C(=O)OC)c2cc(C)ccc21. The number of carbonyl (C=O) groups excluding carboxylic acids is 1. The predicted molar refractivity (Wildman–Crippen MR) is 85.4 cm³/mol. The smallest absolute Gasteiger partial charge is 0.323 e. The number of rotatable bonds is 5. The topological polar surface area (TPSA) is 57.2 Å². The van der Waals surface area contributed by atoms with Crippen molar-refractivity contribution in [3.8, 4) is 0 Å². The van der Waals surface area contributed by atoms with Gasteiger partial charge in [-0.1, -0.05) is 25.5 Å². The Labute approximate surface area is 125 Å². The fraction of sp³-hybridized carbons (Fsp3) is 0.471. The molecule has 2 rings (SSSR count). The number of benzene rings is 1. The highest BCUT2D eigenvalue weighted by molar-refractivity contribution is 5.87. The minimum atomic E-state index is -0.642. The Hall–Kier alpha value is -1.81. The minimum Gasteiger partial charge on any atom is -0.468 e. The van der Waals surface area contributed by atoms with Gasteiger partial charge in [0.2, 0.25) is 0 Å². The third-order valence-corrected chi connectivity index (χ3v) is 4.03. The van der Waals surface area contributed by atoms with Crippen molar-refractivity contribution in [2.24, 2.45) is 5.73 Å². The maximum atomic E-state index is 11.7. The van der Waals surface area contributed by atoms with Gasteiger partial charge in [0.1, 0.15) is 6.04 Å². The van der Waals surface area contributed by atoms with Gasteiger partial charge in [0.25, 0.3) is 0 Å². The van der Waals surface area contributed by atoms with Crippen LogP contribution in [-0.4, -0.2) is 23.7 Å². The number of nitrogens with zero attached hydrogens (tertiary/aromatic N) is 1. The number of hydrogen-bond donors (Lipinski definition) is 1. The quantitative estimate of drug-likeness (QED) is 0.861. The molecule has 0 saturated heterocycles. The summed E-state index contributed by atoms with van der Waals surface area (Å²) in [6.07, 6.45) is 3.19. The van der Waals surface area contributed by atoms with Crippen LogP contribution in [0.15, 0.2) is 24.4 Å². The van der Waals surface area contributed by atoms with Gasteiger partial charge in [0.05, 0.1) is 7.11 Å². The first-order chi connectivity index (χ1) is 9.99. The molecule has 0 aliphatic rings. The summed E-state index contributed by atoms with van der Waals surface area (Å²) in [6.45, 7) is 7.17. The minimum absolute atomic E-state index is 0.0835. The van der Waals surface area contributed by atoms with Crippen LogP contribution in [0.2, 0.25) is 0 Å². The summed E-state index contributed by atoms with van der Waals surface area (Å²) >= 11 is 0. The van der Waals surface area contributed by atoms with Crippen LogP contribution in [0.4, 0.5) is 0 Å². The van der Waals surface area contributed by atoms with Gasteiger partial charge in [-0.3, -0.25) is 4.79 Å². The molecule has 0 spiro atoms. The molecule has 0 saturated carbocycles. The summed E-state index contributed by atoms with van der Waals surface area (Å²) in [5.74, 6) is -0.452. The first-order valence-electron chi connectivity index (χ1n) is 7.42. The third-order valence-electron chi connectivity index (χ3n) is 4.03. The summed E-state index contributed by atoms with van der Waals surface area (Å²) in [6, 6.07) is 5.77.